The minimum atomic E-state index is -0.117. The Morgan fingerprint density at radius 2 is 2.26 bits per heavy atom. The maximum atomic E-state index is 11.7. The van der Waals surface area contributed by atoms with Crippen LogP contribution in [-0.4, -0.2) is 23.2 Å². The number of benzene rings is 1. The van der Waals surface area contributed by atoms with Crippen LogP contribution in [0.15, 0.2) is 41.5 Å². The fraction of sp³-hybridized carbons (Fsp3) is 0.286. The van der Waals surface area contributed by atoms with Crippen LogP contribution < -0.4 is 15.6 Å². The Labute approximate surface area is 111 Å². The van der Waals surface area contributed by atoms with Crippen molar-refractivity contribution in [1.29, 1.82) is 0 Å². The highest BCUT2D eigenvalue weighted by molar-refractivity contribution is 5.32. The fourth-order valence-electron chi connectivity index (χ4n) is 1.77. The zero-order valence-corrected chi connectivity index (χ0v) is 11.1. The summed E-state index contributed by atoms with van der Waals surface area (Å²) in [6.45, 7) is 0.652. The average molecular weight is 259 g/mol. The van der Waals surface area contributed by atoms with Gasteiger partial charge in [0.2, 0.25) is 0 Å². The first-order chi connectivity index (χ1) is 9.20. The summed E-state index contributed by atoms with van der Waals surface area (Å²) < 4.78 is 6.67. The van der Waals surface area contributed by atoms with Gasteiger partial charge in [-0.25, -0.2) is 4.98 Å². The van der Waals surface area contributed by atoms with E-state index in [1.165, 1.54) is 4.57 Å². The summed E-state index contributed by atoms with van der Waals surface area (Å²) in [5.41, 5.74) is 1.03. The summed E-state index contributed by atoms with van der Waals surface area (Å²) in [4.78, 5) is 15.8. The third-order valence-electron chi connectivity index (χ3n) is 2.86. The smallest absolute Gasteiger partial charge is 0.293 e. The van der Waals surface area contributed by atoms with Crippen molar-refractivity contribution in [1.82, 2.24) is 9.55 Å². The second-order valence-corrected chi connectivity index (χ2v) is 4.22. The molecule has 2 rings (SSSR count). The maximum Gasteiger partial charge on any atom is 0.293 e. The highest BCUT2D eigenvalue weighted by Gasteiger charge is 2.01. The Hall–Kier alpha value is -2.30. The van der Waals surface area contributed by atoms with E-state index in [9.17, 15) is 4.79 Å². The van der Waals surface area contributed by atoms with E-state index in [1.54, 1.807) is 26.6 Å². The first-order valence-corrected chi connectivity index (χ1v) is 6.09. The van der Waals surface area contributed by atoms with Gasteiger partial charge in [0.25, 0.3) is 5.56 Å². The lowest BCUT2D eigenvalue weighted by atomic mass is 10.1. The monoisotopic (exact) mass is 259 g/mol. The molecule has 0 bridgehead atoms. The summed E-state index contributed by atoms with van der Waals surface area (Å²) in [5.74, 6) is 1.22. The normalized spacial score (nSPS) is 10.2. The van der Waals surface area contributed by atoms with Crippen molar-refractivity contribution in [3.8, 4) is 5.75 Å². The number of nitrogens with one attached hydrogen (secondary N) is 1. The van der Waals surface area contributed by atoms with Crippen LogP contribution in [0.4, 0.5) is 5.82 Å². The minimum Gasteiger partial charge on any atom is -0.497 e. The van der Waals surface area contributed by atoms with Gasteiger partial charge in [0.05, 0.1) is 7.11 Å². The van der Waals surface area contributed by atoms with E-state index < -0.39 is 0 Å². The zero-order chi connectivity index (χ0) is 13.7. The predicted molar refractivity (Wildman–Crippen MR) is 74.7 cm³/mol. The molecule has 19 heavy (non-hydrogen) atoms. The molecule has 2 aromatic rings. The fourth-order valence-corrected chi connectivity index (χ4v) is 1.77. The molecule has 1 N–H and O–H groups in total. The van der Waals surface area contributed by atoms with Gasteiger partial charge in [0.1, 0.15) is 5.75 Å². The number of anilines is 1. The molecule has 0 aliphatic heterocycles. The standard InChI is InChI=1S/C14H17N3O2/c1-17-9-8-16-13(14(17)18)15-7-6-11-4-3-5-12(10-11)19-2/h3-5,8-10H,6-7H2,1-2H3,(H,15,16). The highest BCUT2D eigenvalue weighted by atomic mass is 16.5. The van der Waals surface area contributed by atoms with Gasteiger partial charge in [-0.3, -0.25) is 4.79 Å². The highest BCUT2D eigenvalue weighted by Crippen LogP contribution is 2.12. The number of ether oxygens (including phenoxy) is 1. The van der Waals surface area contributed by atoms with Gasteiger partial charge in [-0.15, -0.1) is 0 Å². The first-order valence-electron chi connectivity index (χ1n) is 6.09. The van der Waals surface area contributed by atoms with Gasteiger partial charge in [-0.05, 0) is 24.1 Å². The molecule has 0 saturated heterocycles. The zero-order valence-electron chi connectivity index (χ0n) is 11.1. The molecule has 1 aromatic carbocycles. The van der Waals surface area contributed by atoms with E-state index in [4.69, 9.17) is 4.74 Å². The Bertz CT molecular complexity index is 608. The van der Waals surface area contributed by atoms with Crippen LogP contribution in [0.5, 0.6) is 5.75 Å². The molecule has 1 aromatic heterocycles. The number of hydrogen-bond acceptors (Lipinski definition) is 4. The predicted octanol–water partition coefficient (Wildman–Crippen LogP) is 1.44. The van der Waals surface area contributed by atoms with Crippen LogP contribution in [0.25, 0.3) is 0 Å². The molecule has 0 saturated carbocycles. The van der Waals surface area contributed by atoms with Crippen LogP contribution in [-0.2, 0) is 13.5 Å². The number of aryl methyl sites for hydroxylation is 1. The average Bonchev–Trinajstić information content (AvgIpc) is 2.44. The Morgan fingerprint density at radius 3 is 3.05 bits per heavy atom. The molecular formula is C14H17N3O2. The molecule has 5 nitrogen and oxygen atoms in total. The van der Waals surface area contributed by atoms with Gasteiger partial charge < -0.3 is 14.6 Å². The van der Waals surface area contributed by atoms with E-state index in [-0.39, 0.29) is 5.56 Å². The second-order valence-electron chi connectivity index (χ2n) is 4.22. The van der Waals surface area contributed by atoms with Crippen LogP contribution >= 0.6 is 0 Å². The lowest BCUT2D eigenvalue weighted by Crippen LogP contribution is -2.22. The van der Waals surface area contributed by atoms with Gasteiger partial charge in [0.15, 0.2) is 5.82 Å². The summed E-state index contributed by atoms with van der Waals surface area (Å²) in [5, 5.41) is 3.05. The van der Waals surface area contributed by atoms with Crippen molar-refractivity contribution in [3.63, 3.8) is 0 Å². The van der Waals surface area contributed by atoms with Crippen LogP contribution in [0.2, 0.25) is 0 Å². The topological polar surface area (TPSA) is 56.1 Å². The van der Waals surface area contributed by atoms with E-state index in [0.717, 1.165) is 17.7 Å². The van der Waals surface area contributed by atoms with Crippen molar-refractivity contribution >= 4 is 5.82 Å². The van der Waals surface area contributed by atoms with E-state index in [0.29, 0.717) is 12.4 Å². The summed E-state index contributed by atoms with van der Waals surface area (Å²) in [6.07, 6.45) is 4.04. The number of methoxy groups -OCH3 is 1. The van der Waals surface area contributed by atoms with E-state index >= 15 is 0 Å². The molecule has 0 spiro atoms. The molecule has 5 heteroatoms. The number of rotatable bonds is 5. The Kier molecular flexibility index (Phi) is 4.18. The maximum absolute atomic E-state index is 11.7. The van der Waals surface area contributed by atoms with Gasteiger partial charge in [-0.1, -0.05) is 12.1 Å². The largest absolute Gasteiger partial charge is 0.497 e. The van der Waals surface area contributed by atoms with Crippen LogP contribution in [0.1, 0.15) is 5.56 Å². The molecule has 0 aliphatic rings. The van der Waals surface area contributed by atoms with Crippen molar-refractivity contribution in [2.24, 2.45) is 7.05 Å². The van der Waals surface area contributed by atoms with Crippen molar-refractivity contribution in [2.45, 2.75) is 6.42 Å². The van der Waals surface area contributed by atoms with Gasteiger partial charge >= 0.3 is 0 Å². The quantitative estimate of drug-likeness (QED) is 0.883. The molecule has 1 heterocycles. The molecule has 0 amide bonds. The number of nitrogens with zero attached hydrogens (tertiary/aromatic N) is 2. The third kappa shape index (κ3) is 3.34. The lowest BCUT2D eigenvalue weighted by Gasteiger charge is -2.07. The van der Waals surface area contributed by atoms with E-state index in [1.807, 2.05) is 24.3 Å². The molecule has 0 radical (unpaired) electrons. The number of hydrogen-bond donors (Lipinski definition) is 1. The van der Waals surface area contributed by atoms with Gasteiger partial charge in [-0.2, -0.15) is 0 Å². The van der Waals surface area contributed by atoms with Crippen molar-refractivity contribution in [3.05, 3.63) is 52.6 Å². The van der Waals surface area contributed by atoms with Gasteiger partial charge in [0, 0.05) is 26.0 Å². The number of aromatic nitrogens is 2. The molecular weight excluding hydrogens is 242 g/mol. The van der Waals surface area contributed by atoms with Crippen LogP contribution in [0, 0.1) is 0 Å². The van der Waals surface area contributed by atoms with Crippen LogP contribution in [0.3, 0.4) is 0 Å². The SMILES string of the molecule is COc1cccc(CCNc2nccn(C)c2=O)c1. The summed E-state index contributed by atoms with van der Waals surface area (Å²) in [6, 6.07) is 7.87. The second kappa shape index (κ2) is 6.04. The minimum absolute atomic E-state index is 0.117. The van der Waals surface area contributed by atoms with Crippen molar-refractivity contribution in [2.75, 3.05) is 19.0 Å². The first kappa shape index (κ1) is 13.1. The lowest BCUT2D eigenvalue weighted by molar-refractivity contribution is 0.414. The van der Waals surface area contributed by atoms with E-state index in [2.05, 4.69) is 10.3 Å². The third-order valence-corrected chi connectivity index (χ3v) is 2.86. The van der Waals surface area contributed by atoms with Crippen molar-refractivity contribution < 1.29 is 4.74 Å². The molecule has 0 fully saturated rings. The summed E-state index contributed by atoms with van der Waals surface area (Å²) in [7, 11) is 3.35. The molecule has 0 aliphatic carbocycles. The molecule has 0 unspecified atom stereocenters. The summed E-state index contributed by atoms with van der Waals surface area (Å²) >= 11 is 0. The Morgan fingerprint density at radius 1 is 1.42 bits per heavy atom. The molecule has 100 valence electrons. The Balaban J connectivity index is 1.96. The molecule has 0 atom stereocenters.